The van der Waals surface area contributed by atoms with Crippen LogP contribution in [0.25, 0.3) is 11.5 Å². The monoisotopic (exact) mass is 320 g/mol. The fourth-order valence-electron chi connectivity index (χ4n) is 1.94. The molecule has 2 aromatic rings. The Kier molecular flexibility index (Phi) is 5.98. The van der Waals surface area contributed by atoms with Crippen LogP contribution in [0.1, 0.15) is 39.2 Å². The molecule has 0 N–H and O–H groups in total. The van der Waals surface area contributed by atoms with E-state index in [2.05, 4.69) is 24.0 Å². The molecule has 0 aliphatic carbocycles. The second-order valence-electron chi connectivity index (χ2n) is 5.72. The molecule has 1 atom stereocenters. The molecule has 0 unspecified atom stereocenters. The lowest BCUT2D eigenvalue weighted by Crippen LogP contribution is -2.02. The van der Waals surface area contributed by atoms with Crippen molar-refractivity contribution in [2.45, 2.75) is 33.3 Å². The molecule has 0 bridgehead atoms. The molecule has 2 rings (SSSR count). The first-order valence-electron chi connectivity index (χ1n) is 7.72. The van der Waals surface area contributed by atoms with Gasteiger partial charge in [-0.1, -0.05) is 13.8 Å². The van der Waals surface area contributed by atoms with Crippen molar-refractivity contribution in [3.8, 4) is 23.0 Å². The minimum absolute atomic E-state index is 0.239. The third kappa shape index (κ3) is 4.45. The first kappa shape index (κ1) is 17.3. The van der Waals surface area contributed by atoms with Crippen LogP contribution in [0.5, 0.6) is 11.5 Å². The summed E-state index contributed by atoms with van der Waals surface area (Å²) in [7, 11) is 3.21. The van der Waals surface area contributed by atoms with Crippen molar-refractivity contribution in [1.29, 1.82) is 0 Å². The van der Waals surface area contributed by atoms with Crippen molar-refractivity contribution >= 4 is 0 Å². The molecule has 0 amide bonds. The normalized spacial score (nSPS) is 12.4. The van der Waals surface area contributed by atoms with Gasteiger partial charge >= 0.3 is 0 Å². The van der Waals surface area contributed by atoms with E-state index in [4.69, 9.17) is 18.6 Å². The van der Waals surface area contributed by atoms with Gasteiger partial charge in [-0.2, -0.15) is 0 Å². The number of nitrogens with zero attached hydrogens (tertiary/aromatic N) is 2. The second-order valence-corrected chi connectivity index (χ2v) is 5.72. The molecule has 23 heavy (non-hydrogen) atoms. The molecule has 0 aliphatic heterocycles. The Morgan fingerprint density at radius 1 is 1.09 bits per heavy atom. The van der Waals surface area contributed by atoms with Crippen molar-refractivity contribution in [2.24, 2.45) is 5.92 Å². The minimum Gasteiger partial charge on any atom is -0.493 e. The van der Waals surface area contributed by atoms with Gasteiger partial charge in [0, 0.05) is 12.7 Å². The van der Waals surface area contributed by atoms with Crippen LogP contribution in [-0.4, -0.2) is 31.0 Å². The second kappa shape index (κ2) is 7.97. The molecular weight excluding hydrogens is 296 g/mol. The van der Waals surface area contributed by atoms with E-state index in [9.17, 15) is 0 Å². The largest absolute Gasteiger partial charge is 0.493 e. The first-order valence-corrected chi connectivity index (χ1v) is 7.72. The molecule has 126 valence electrons. The van der Waals surface area contributed by atoms with E-state index >= 15 is 0 Å². The predicted octanol–water partition coefficient (Wildman–Crippen LogP) is 3.88. The molecule has 6 nitrogen and oxygen atoms in total. The van der Waals surface area contributed by atoms with Crippen molar-refractivity contribution in [3.05, 3.63) is 24.1 Å². The maximum Gasteiger partial charge on any atom is 0.248 e. The van der Waals surface area contributed by atoms with Gasteiger partial charge in [-0.05, 0) is 37.5 Å². The number of rotatable bonds is 8. The van der Waals surface area contributed by atoms with Crippen molar-refractivity contribution < 1.29 is 18.6 Å². The number of methoxy groups -OCH3 is 2. The van der Waals surface area contributed by atoms with Crippen LogP contribution >= 0.6 is 0 Å². The highest BCUT2D eigenvalue weighted by atomic mass is 16.5. The predicted molar refractivity (Wildman–Crippen MR) is 86.7 cm³/mol. The Bertz CT molecular complexity index is 625. The molecular formula is C17H24N2O4. The number of ether oxygens (including phenoxy) is 3. The van der Waals surface area contributed by atoms with E-state index in [1.807, 2.05) is 25.1 Å². The summed E-state index contributed by atoms with van der Waals surface area (Å²) < 4.78 is 22.0. The topological polar surface area (TPSA) is 66.6 Å². The van der Waals surface area contributed by atoms with Crippen LogP contribution in [0, 0.1) is 5.92 Å². The number of hydrogen-bond acceptors (Lipinski definition) is 6. The summed E-state index contributed by atoms with van der Waals surface area (Å²) in [6, 6.07) is 5.57. The summed E-state index contributed by atoms with van der Waals surface area (Å²) in [5.41, 5.74) is 0.778. The average molecular weight is 320 g/mol. The average Bonchev–Trinajstić information content (AvgIpc) is 3.04. The van der Waals surface area contributed by atoms with Gasteiger partial charge < -0.3 is 18.6 Å². The smallest absolute Gasteiger partial charge is 0.248 e. The fourth-order valence-corrected chi connectivity index (χ4v) is 1.94. The minimum atomic E-state index is -0.239. The molecule has 0 aliphatic rings. The molecule has 0 spiro atoms. The lowest BCUT2D eigenvalue weighted by molar-refractivity contribution is 0.0952. The highest BCUT2D eigenvalue weighted by Gasteiger charge is 2.16. The van der Waals surface area contributed by atoms with E-state index in [-0.39, 0.29) is 6.10 Å². The molecule has 0 fully saturated rings. The Morgan fingerprint density at radius 3 is 2.52 bits per heavy atom. The lowest BCUT2D eigenvalue weighted by Gasteiger charge is -2.12. The SMILES string of the molecule is COc1cc(-c2nnc([C@@H](C)OC)o2)ccc1OCCC(C)C. The summed E-state index contributed by atoms with van der Waals surface area (Å²) in [6.45, 7) is 6.84. The quantitative estimate of drug-likeness (QED) is 0.735. The molecule has 6 heteroatoms. The van der Waals surface area contributed by atoms with Crippen LogP contribution in [0.3, 0.4) is 0 Å². The summed E-state index contributed by atoms with van der Waals surface area (Å²) >= 11 is 0. The van der Waals surface area contributed by atoms with E-state index in [1.54, 1.807) is 14.2 Å². The van der Waals surface area contributed by atoms with Gasteiger partial charge in [0.05, 0.1) is 13.7 Å². The van der Waals surface area contributed by atoms with Crippen LogP contribution in [0.2, 0.25) is 0 Å². The molecule has 1 heterocycles. The van der Waals surface area contributed by atoms with Gasteiger partial charge in [-0.25, -0.2) is 0 Å². The van der Waals surface area contributed by atoms with Gasteiger partial charge in [0.2, 0.25) is 11.8 Å². The number of hydrogen-bond donors (Lipinski definition) is 0. The van der Waals surface area contributed by atoms with E-state index in [1.165, 1.54) is 0 Å². The van der Waals surface area contributed by atoms with Crippen LogP contribution in [0.15, 0.2) is 22.6 Å². The molecule has 1 aromatic heterocycles. The summed E-state index contributed by atoms with van der Waals surface area (Å²) in [5, 5.41) is 8.05. The zero-order valence-corrected chi connectivity index (χ0v) is 14.3. The van der Waals surface area contributed by atoms with Crippen molar-refractivity contribution in [1.82, 2.24) is 10.2 Å². The van der Waals surface area contributed by atoms with Gasteiger partial charge in [-0.15, -0.1) is 10.2 Å². The standard InChI is InChI=1S/C17H24N2O4/c1-11(2)8-9-22-14-7-6-13(10-15(14)21-5)17-19-18-16(23-17)12(3)20-4/h6-7,10-12H,8-9H2,1-5H3/t12-/m1/s1. The zero-order chi connectivity index (χ0) is 16.8. The van der Waals surface area contributed by atoms with Crippen LogP contribution < -0.4 is 9.47 Å². The molecule has 0 radical (unpaired) electrons. The summed E-state index contributed by atoms with van der Waals surface area (Å²) in [5.74, 6) is 2.82. The van der Waals surface area contributed by atoms with Crippen molar-refractivity contribution in [3.63, 3.8) is 0 Å². The maximum atomic E-state index is 5.78. The highest BCUT2D eigenvalue weighted by Crippen LogP contribution is 2.32. The Morgan fingerprint density at radius 2 is 1.87 bits per heavy atom. The van der Waals surface area contributed by atoms with Gasteiger partial charge in [-0.3, -0.25) is 0 Å². The van der Waals surface area contributed by atoms with Crippen LogP contribution in [-0.2, 0) is 4.74 Å². The maximum absolute atomic E-state index is 5.78. The highest BCUT2D eigenvalue weighted by molar-refractivity contribution is 5.59. The van der Waals surface area contributed by atoms with E-state index in [0.29, 0.717) is 35.8 Å². The van der Waals surface area contributed by atoms with Crippen LogP contribution in [0.4, 0.5) is 0 Å². The Hall–Kier alpha value is -2.08. The third-order valence-electron chi connectivity index (χ3n) is 3.51. The summed E-state index contributed by atoms with van der Waals surface area (Å²) in [4.78, 5) is 0. The Labute approximate surface area is 136 Å². The van der Waals surface area contributed by atoms with E-state index < -0.39 is 0 Å². The van der Waals surface area contributed by atoms with Crippen molar-refractivity contribution in [2.75, 3.05) is 20.8 Å². The summed E-state index contributed by atoms with van der Waals surface area (Å²) in [6.07, 6.45) is 0.754. The fraction of sp³-hybridized carbons (Fsp3) is 0.529. The van der Waals surface area contributed by atoms with Gasteiger partial charge in [0.15, 0.2) is 11.5 Å². The number of benzene rings is 1. The molecule has 1 aromatic carbocycles. The molecule has 0 saturated carbocycles. The zero-order valence-electron chi connectivity index (χ0n) is 14.3. The third-order valence-corrected chi connectivity index (χ3v) is 3.51. The lowest BCUT2D eigenvalue weighted by atomic mass is 10.1. The first-order chi connectivity index (χ1) is 11.0. The van der Waals surface area contributed by atoms with E-state index in [0.717, 1.165) is 12.0 Å². The van der Waals surface area contributed by atoms with Gasteiger partial charge in [0.1, 0.15) is 6.10 Å². The Balaban J connectivity index is 2.16. The van der Waals surface area contributed by atoms with Gasteiger partial charge in [0.25, 0.3) is 0 Å². The molecule has 0 saturated heterocycles. The number of aromatic nitrogens is 2.